The molecular weight excluding hydrogens is 353 g/mol. The van der Waals surface area contributed by atoms with Crippen molar-refractivity contribution in [1.29, 1.82) is 5.26 Å². The molecule has 0 aliphatic carbocycles. The number of hydrogen-bond acceptors (Lipinski definition) is 2. The Kier molecular flexibility index (Phi) is 7.31. The zero-order valence-electron chi connectivity index (χ0n) is 17.0. The van der Waals surface area contributed by atoms with Gasteiger partial charge < -0.3 is 10.6 Å². The van der Waals surface area contributed by atoms with Gasteiger partial charge in [0.2, 0.25) is 0 Å². The van der Waals surface area contributed by atoms with E-state index in [1.807, 2.05) is 37.4 Å². The molecule has 2 rings (SSSR count). The van der Waals surface area contributed by atoms with Crippen molar-refractivity contribution in [3.05, 3.63) is 71.0 Å². The second-order valence-electron chi connectivity index (χ2n) is 7.58. The van der Waals surface area contributed by atoms with Crippen molar-refractivity contribution >= 4 is 5.91 Å². The summed E-state index contributed by atoms with van der Waals surface area (Å²) in [7, 11) is 0. The van der Waals surface area contributed by atoms with Crippen molar-refractivity contribution in [1.82, 2.24) is 5.32 Å². The summed E-state index contributed by atoms with van der Waals surface area (Å²) in [6.45, 7) is 7.76. The van der Waals surface area contributed by atoms with E-state index >= 15 is 0 Å². The second kappa shape index (κ2) is 9.48. The molecule has 2 atom stereocenters. The van der Waals surface area contributed by atoms with Crippen LogP contribution in [-0.2, 0) is 11.2 Å². The first-order valence-electron chi connectivity index (χ1n) is 9.69. The zero-order chi connectivity index (χ0) is 20.7. The van der Waals surface area contributed by atoms with Crippen LogP contribution in [0.3, 0.4) is 0 Å². The highest BCUT2D eigenvalue weighted by Crippen LogP contribution is 2.20. The van der Waals surface area contributed by atoms with Gasteiger partial charge in [-0.15, -0.1) is 0 Å². The lowest BCUT2D eigenvalue weighted by Gasteiger charge is -2.27. The van der Waals surface area contributed by atoms with E-state index in [2.05, 4.69) is 30.4 Å². The number of hydrogen-bond donors (Lipinski definition) is 2. The third-order valence-corrected chi connectivity index (χ3v) is 5.28. The number of benzene rings is 2. The highest BCUT2D eigenvalue weighted by molar-refractivity contribution is 5.78. The van der Waals surface area contributed by atoms with E-state index in [0.29, 0.717) is 0 Å². The third kappa shape index (κ3) is 5.40. The van der Waals surface area contributed by atoms with Gasteiger partial charge in [0.1, 0.15) is 17.4 Å². The van der Waals surface area contributed by atoms with Gasteiger partial charge in [-0.2, -0.15) is 5.26 Å². The number of rotatable bonds is 8. The number of amides is 1. The second-order valence-corrected chi connectivity index (χ2v) is 7.58. The van der Waals surface area contributed by atoms with E-state index < -0.39 is 5.54 Å². The fraction of sp³-hybridized carbons (Fsp3) is 0.391. The van der Waals surface area contributed by atoms with Crippen LogP contribution >= 0.6 is 0 Å². The highest BCUT2D eigenvalue weighted by atomic mass is 19.1. The van der Waals surface area contributed by atoms with Crippen molar-refractivity contribution < 1.29 is 14.5 Å². The van der Waals surface area contributed by atoms with Gasteiger partial charge in [-0.3, -0.25) is 4.79 Å². The lowest BCUT2D eigenvalue weighted by atomic mass is 9.90. The van der Waals surface area contributed by atoms with Crippen molar-refractivity contribution in [2.24, 2.45) is 5.92 Å². The third-order valence-electron chi connectivity index (χ3n) is 5.28. The number of halogens is 1. The van der Waals surface area contributed by atoms with Crippen LogP contribution in [0.1, 0.15) is 50.4 Å². The number of nitrogens with one attached hydrogen (secondary N) is 1. The monoisotopic (exact) mass is 382 g/mol. The number of carbonyl (C=O) groups is 1. The summed E-state index contributed by atoms with van der Waals surface area (Å²) >= 11 is 0. The molecule has 0 fully saturated rings. The topological polar surface area (TPSA) is 69.5 Å². The standard InChI is InChI=1S/C23H28FN3O/c1-5-17-9-11-18(12-10-17)22(19-7-6-8-20(24)13-19)26-14-21(28)27-23(4,15-25)16(2)3/h6-13,16,22,26H,5,14H2,1-4H3,(H,27,28)/p+1/t22-,23+/m1/s1. The first-order valence-corrected chi connectivity index (χ1v) is 9.69. The minimum Gasteiger partial charge on any atom is -0.333 e. The molecule has 0 aromatic heterocycles. The van der Waals surface area contributed by atoms with Gasteiger partial charge in [-0.1, -0.05) is 57.2 Å². The van der Waals surface area contributed by atoms with Crippen LogP contribution in [0.4, 0.5) is 4.39 Å². The van der Waals surface area contributed by atoms with Crippen LogP contribution in [0, 0.1) is 23.1 Å². The molecule has 2 aromatic rings. The molecule has 2 aromatic carbocycles. The minimum atomic E-state index is -0.915. The quantitative estimate of drug-likeness (QED) is 0.737. The van der Waals surface area contributed by atoms with E-state index in [-0.39, 0.29) is 30.2 Å². The summed E-state index contributed by atoms with van der Waals surface area (Å²) in [5.74, 6) is -0.534. The fourth-order valence-corrected chi connectivity index (χ4v) is 2.99. The molecule has 0 aliphatic heterocycles. The maximum atomic E-state index is 13.8. The maximum absolute atomic E-state index is 13.8. The molecule has 0 saturated heterocycles. The van der Waals surface area contributed by atoms with E-state index in [4.69, 9.17) is 0 Å². The van der Waals surface area contributed by atoms with Gasteiger partial charge in [0.15, 0.2) is 6.54 Å². The Morgan fingerprint density at radius 3 is 2.43 bits per heavy atom. The number of nitriles is 1. The zero-order valence-corrected chi connectivity index (χ0v) is 17.0. The van der Waals surface area contributed by atoms with Gasteiger partial charge in [-0.25, -0.2) is 4.39 Å². The summed E-state index contributed by atoms with van der Waals surface area (Å²) in [4.78, 5) is 12.5. The molecule has 0 unspecified atom stereocenters. The van der Waals surface area contributed by atoms with Gasteiger partial charge >= 0.3 is 0 Å². The van der Waals surface area contributed by atoms with Crippen LogP contribution in [-0.4, -0.2) is 18.0 Å². The molecule has 5 heteroatoms. The van der Waals surface area contributed by atoms with Crippen molar-refractivity contribution in [2.45, 2.75) is 45.7 Å². The highest BCUT2D eigenvalue weighted by Gasteiger charge is 2.31. The Morgan fingerprint density at radius 2 is 1.89 bits per heavy atom. The van der Waals surface area contributed by atoms with E-state index in [0.717, 1.165) is 17.5 Å². The Bertz CT molecular complexity index is 842. The fourth-order valence-electron chi connectivity index (χ4n) is 2.99. The van der Waals surface area contributed by atoms with Crippen molar-refractivity contribution in [3.63, 3.8) is 0 Å². The average Bonchev–Trinajstić information content (AvgIpc) is 2.68. The van der Waals surface area contributed by atoms with E-state index in [1.54, 1.807) is 13.0 Å². The predicted molar refractivity (Wildman–Crippen MR) is 108 cm³/mol. The Hall–Kier alpha value is -2.71. The van der Waals surface area contributed by atoms with Gasteiger partial charge in [0.05, 0.1) is 6.07 Å². The van der Waals surface area contributed by atoms with Gasteiger partial charge in [0, 0.05) is 11.1 Å². The number of aryl methyl sites for hydroxylation is 1. The van der Waals surface area contributed by atoms with E-state index in [1.165, 1.54) is 17.7 Å². The van der Waals surface area contributed by atoms with Gasteiger partial charge in [0.25, 0.3) is 5.91 Å². The predicted octanol–water partition coefficient (Wildman–Crippen LogP) is 3.10. The van der Waals surface area contributed by atoms with Crippen LogP contribution in [0.15, 0.2) is 48.5 Å². The Morgan fingerprint density at radius 1 is 1.21 bits per heavy atom. The molecule has 0 aliphatic rings. The smallest absolute Gasteiger partial charge is 0.276 e. The van der Waals surface area contributed by atoms with Crippen LogP contribution in [0.5, 0.6) is 0 Å². The van der Waals surface area contributed by atoms with Crippen LogP contribution in [0.25, 0.3) is 0 Å². The molecule has 1 amide bonds. The average molecular weight is 383 g/mol. The van der Waals surface area contributed by atoms with Crippen LogP contribution in [0.2, 0.25) is 0 Å². The Labute approximate surface area is 166 Å². The van der Waals surface area contributed by atoms with Crippen molar-refractivity contribution in [3.8, 4) is 6.07 Å². The molecule has 3 N–H and O–H groups in total. The first-order chi connectivity index (χ1) is 13.3. The minimum absolute atomic E-state index is 0.0120. The SMILES string of the molecule is CCc1ccc([C@@H]([NH2+]CC(=O)N[C@@](C)(C#N)C(C)C)c2cccc(F)c2)cc1. The molecule has 4 nitrogen and oxygen atoms in total. The number of quaternary nitrogens is 1. The summed E-state index contributed by atoms with van der Waals surface area (Å²) in [5, 5.41) is 14.1. The lowest BCUT2D eigenvalue weighted by Crippen LogP contribution is -2.88. The molecule has 0 heterocycles. The summed E-state index contributed by atoms with van der Waals surface area (Å²) in [6, 6.07) is 16.6. The number of nitrogens with two attached hydrogens (primary N) is 1. The molecule has 0 spiro atoms. The first kappa shape index (κ1) is 21.6. The van der Waals surface area contributed by atoms with Gasteiger partial charge in [-0.05, 0) is 37.0 Å². The molecule has 28 heavy (non-hydrogen) atoms. The van der Waals surface area contributed by atoms with Crippen LogP contribution < -0.4 is 10.6 Å². The Balaban J connectivity index is 2.20. The molecule has 0 radical (unpaired) electrons. The molecular formula is C23H29FN3O+. The summed E-state index contributed by atoms with van der Waals surface area (Å²) in [5.41, 5.74) is 2.11. The largest absolute Gasteiger partial charge is 0.333 e. The molecule has 148 valence electrons. The summed E-state index contributed by atoms with van der Waals surface area (Å²) in [6.07, 6.45) is 0.943. The maximum Gasteiger partial charge on any atom is 0.276 e. The molecule has 0 bridgehead atoms. The summed E-state index contributed by atoms with van der Waals surface area (Å²) < 4.78 is 13.8. The number of nitrogens with zero attached hydrogens (tertiary/aromatic N) is 1. The molecule has 0 saturated carbocycles. The van der Waals surface area contributed by atoms with E-state index in [9.17, 15) is 14.4 Å². The number of carbonyl (C=O) groups excluding carboxylic acids is 1. The normalized spacial score (nSPS) is 14.2. The van der Waals surface area contributed by atoms with Crippen molar-refractivity contribution in [2.75, 3.05) is 6.54 Å². The lowest BCUT2D eigenvalue weighted by molar-refractivity contribution is -0.676.